The Morgan fingerprint density at radius 2 is 2.23 bits per heavy atom. The highest BCUT2D eigenvalue weighted by Gasteiger charge is 2.10. The number of amides is 1. The van der Waals surface area contributed by atoms with Gasteiger partial charge in [-0.25, -0.2) is 9.97 Å². The summed E-state index contributed by atoms with van der Waals surface area (Å²) in [6.45, 7) is 5.45. The van der Waals surface area contributed by atoms with Gasteiger partial charge in [0.1, 0.15) is 16.5 Å². The van der Waals surface area contributed by atoms with Crippen LogP contribution in [0.1, 0.15) is 24.0 Å². The first-order valence-electron chi connectivity index (χ1n) is 7.40. The van der Waals surface area contributed by atoms with E-state index < -0.39 is 0 Å². The van der Waals surface area contributed by atoms with E-state index in [1.165, 1.54) is 4.88 Å². The Labute approximate surface area is 134 Å². The molecule has 2 rings (SSSR count). The van der Waals surface area contributed by atoms with Crippen molar-refractivity contribution in [2.24, 2.45) is 0 Å². The second-order valence-electron chi connectivity index (χ2n) is 4.95. The van der Waals surface area contributed by atoms with Crippen LogP contribution in [0.5, 0.6) is 0 Å². The molecule has 2 heterocycles. The molecule has 0 saturated carbocycles. The van der Waals surface area contributed by atoms with Gasteiger partial charge >= 0.3 is 0 Å². The fourth-order valence-corrected chi connectivity index (χ4v) is 3.07. The van der Waals surface area contributed by atoms with Crippen LogP contribution in [0.25, 0.3) is 10.2 Å². The van der Waals surface area contributed by atoms with Gasteiger partial charge in [-0.3, -0.25) is 4.79 Å². The highest BCUT2D eigenvalue weighted by atomic mass is 32.1. The van der Waals surface area contributed by atoms with Crippen LogP contribution in [0.2, 0.25) is 0 Å². The van der Waals surface area contributed by atoms with Crippen LogP contribution in [0, 0.1) is 6.92 Å². The number of thiophene rings is 1. The fraction of sp³-hybridized carbons (Fsp3) is 0.533. The second kappa shape index (κ2) is 8.05. The summed E-state index contributed by atoms with van der Waals surface area (Å²) in [5, 5.41) is 6.95. The molecule has 7 heteroatoms. The van der Waals surface area contributed by atoms with Gasteiger partial charge in [0.2, 0.25) is 5.91 Å². The van der Waals surface area contributed by atoms with Crippen LogP contribution < -0.4 is 10.6 Å². The van der Waals surface area contributed by atoms with E-state index in [-0.39, 0.29) is 12.5 Å². The molecular weight excluding hydrogens is 300 g/mol. The van der Waals surface area contributed by atoms with Gasteiger partial charge in [0.05, 0.1) is 11.9 Å². The number of aryl methyl sites for hydroxylation is 2. The average Bonchev–Trinajstić information content (AvgIpc) is 2.92. The van der Waals surface area contributed by atoms with Gasteiger partial charge in [0.25, 0.3) is 0 Å². The van der Waals surface area contributed by atoms with E-state index in [9.17, 15) is 4.79 Å². The van der Waals surface area contributed by atoms with Crippen molar-refractivity contribution in [2.75, 3.05) is 32.1 Å². The topological polar surface area (TPSA) is 76.1 Å². The van der Waals surface area contributed by atoms with Crippen LogP contribution in [0.3, 0.4) is 0 Å². The van der Waals surface area contributed by atoms with E-state index in [1.807, 2.05) is 6.92 Å². The minimum absolute atomic E-state index is 0.0496. The predicted octanol–water partition coefficient (Wildman–Crippen LogP) is 2.13. The van der Waals surface area contributed by atoms with Gasteiger partial charge in [0, 0.05) is 25.1 Å². The summed E-state index contributed by atoms with van der Waals surface area (Å²) in [6.07, 6.45) is 1.78. The lowest BCUT2D eigenvalue weighted by molar-refractivity contribution is -0.119. The van der Waals surface area contributed by atoms with Gasteiger partial charge in [-0.15, -0.1) is 11.3 Å². The fourth-order valence-electron chi connectivity index (χ4n) is 2.06. The quantitative estimate of drug-likeness (QED) is 0.728. The average molecular weight is 322 g/mol. The van der Waals surface area contributed by atoms with Crippen LogP contribution in [0.4, 0.5) is 5.82 Å². The standard InChI is InChI=1S/C15H22N4O2S/c1-4-11-8-12-14(18-10(2)19-15(12)22-11)17-9-13(20)16-6-5-7-21-3/h8H,4-7,9H2,1-3H3,(H,16,20)(H,17,18,19). The number of carbonyl (C=O) groups is 1. The third-order valence-electron chi connectivity index (χ3n) is 3.17. The highest BCUT2D eigenvalue weighted by molar-refractivity contribution is 7.18. The zero-order chi connectivity index (χ0) is 15.9. The number of nitrogens with zero attached hydrogens (tertiary/aromatic N) is 2. The van der Waals surface area contributed by atoms with Gasteiger partial charge in [-0.1, -0.05) is 6.92 Å². The Kier molecular flexibility index (Phi) is 6.09. The Bertz CT molecular complexity index is 642. The van der Waals surface area contributed by atoms with E-state index in [0.717, 1.165) is 28.9 Å². The van der Waals surface area contributed by atoms with Crippen LogP contribution in [-0.2, 0) is 16.0 Å². The molecular formula is C15H22N4O2S. The lowest BCUT2D eigenvalue weighted by Crippen LogP contribution is -2.31. The maximum Gasteiger partial charge on any atom is 0.239 e. The third-order valence-corrected chi connectivity index (χ3v) is 4.34. The Morgan fingerprint density at radius 3 is 2.95 bits per heavy atom. The summed E-state index contributed by atoms with van der Waals surface area (Å²) in [4.78, 5) is 22.9. The number of anilines is 1. The maximum atomic E-state index is 11.8. The van der Waals surface area contributed by atoms with Crippen molar-refractivity contribution < 1.29 is 9.53 Å². The molecule has 1 amide bonds. The molecule has 0 saturated heterocycles. The molecule has 0 aliphatic heterocycles. The molecule has 0 atom stereocenters. The van der Waals surface area contributed by atoms with E-state index in [0.29, 0.717) is 19.0 Å². The van der Waals surface area contributed by atoms with Crippen LogP contribution in [0.15, 0.2) is 6.07 Å². The number of ether oxygens (including phenoxy) is 1. The number of rotatable bonds is 8. The summed E-state index contributed by atoms with van der Waals surface area (Å²) in [5.41, 5.74) is 0. The molecule has 0 aliphatic carbocycles. The number of hydrogen-bond acceptors (Lipinski definition) is 6. The number of methoxy groups -OCH3 is 1. The first-order valence-corrected chi connectivity index (χ1v) is 8.22. The van der Waals surface area contributed by atoms with Crippen molar-refractivity contribution in [3.05, 3.63) is 16.8 Å². The summed E-state index contributed by atoms with van der Waals surface area (Å²) in [5.74, 6) is 1.39. The SMILES string of the molecule is CCc1cc2c(NCC(=O)NCCCOC)nc(C)nc2s1. The molecule has 6 nitrogen and oxygen atoms in total. The zero-order valence-corrected chi connectivity index (χ0v) is 14.0. The molecule has 2 aromatic rings. The minimum Gasteiger partial charge on any atom is -0.385 e. The monoisotopic (exact) mass is 322 g/mol. The van der Waals surface area contributed by atoms with Crippen molar-refractivity contribution in [3.8, 4) is 0 Å². The first-order chi connectivity index (χ1) is 10.6. The van der Waals surface area contributed by atoms with Crippen molar-refractivity contribution in [1.82, 2.24) is 15.3 Å². The van der Waals surface area contributed by atoms with E-state index >= 15 is 0 Å². The molecule has 0 radical (unpaired) electrons. The molecule has 0 aliphatic rings. The van der Waals surface area contributed by atoms with Crippen molar-refractivity contribution in [3.63, 3.8) is 0 Å². The third kappa shape index (κ3) is 4.38. The van der Waals surface area contributed by atoms with Crippen molar-refractivity contribution >= 4 is 33.3 Å². The smallest absolute Gasteiger partial charge is 0.239 e. The highest BCUT2D eigenvalue weighted by Crippen LogP contribution is 2.29. The maximum absolute atomic E-state index is 11.8. The van der Waals surface area contributed by atoms with Gasteiger partial charge in [-0.05, 0) is 25.8 Å². The first kappa shape index (κ1) is 16.6. The van der Waals surface area contributed by atoms with E-state index in [2.05, 4.69) is 33.6 Å². The zero-order valence-electron chi connectivity index (χ0n) is 13.2. The molecule has 22 heavy (non-hydrogen) atoms. The summed E-state index contributed by atoms with van der Waals surface area (Å²) in [6, 6.07) is 2.10. The molecule has 120 valence electrons. The number of fused-ring (bicyclic) bond motifs is 1. The molecule has 0 unspecified atom stereocenters. The summed E-state index contributed by atoms with van der Waals surface area (Å²) < 4.78 is 4.94. The molecule has 2 N–H and O–H groups in total. The van der Waals surface area contributed by atoms with E-state index in [1.54, 1.807) is 18.4 Å². The molecule has 0 fully saturated rings. The Hall–Kier alpha value is -1.73. The Balaban J connectivity index is 1.98. The van der Waals surface area contributed by atoms with Crippen LogP contribution in [-0.4, -0.2) is 42.7 Å². The normalized spacial score (nSPS) is 10.9. The molecule has 0 aromatic carbocycles. The second-order valence-corrected chi connectivity index (χ2v) is 6.07. The van der Waals surface area contributed by atoms with E-state index in [4.69, 9.17) is 4.74 Å². The molecule has 0 spiro atoms. The minimum atomic E-state index is -0.0496. The molecule has 0 bridgehead atoms. The summed E-state index contributed by atoms with van der Waals surface area (Å²) in [7, 11) is 1.65. The predicted molar refractivity (Wildman–Crippen MR) is 89.5 cm³/mol. The van der Waals surface area contributed by atoms with Crippen molar-refractivity contribution in [2.45, 2.75) is 26.7 Å². The lowest BCUT2D eigenvalue weighted by Gasteiger charge is -2.08. The van der Waals surface area contributed by atoms with Gasteiger partial charge in [-0.2, -0.15) is 0 Å². The van der Waals surface area contributed by atoms with Crippen LogP contribution >= 0.6 is 11.3 Å². The molecule has 2 aromatic heterocycles. The van der Waals surface area contributed by atoms with Gasteiger partial charge in [0.15, 0.2) is 0 Å². The van der Waals surface area contributed by atoms with Gasteiger partial charge < -0.3 is 15.4 Å². The number of carbonyl (C=O) groups excluding carboxylic acids is 1. The Morgan fingerprint density at radius 1 is 1.41 bits per heavy atom. The summed E-state index contributed by atoms with van der Waals surface area (Å²) >= 11 is 1.67. The number of hydrogen-bond donors (Lipinski definition) is 2. The largest absolute Gasteiger partial charge is 0.385 e. The lowest BCUT2D eigenvalue weighted by atomic mass is 10.3. The van der Waals surface area contributed by atoms with Crippen molar-refractivity contribution in [1.29, 1.82) is 0 Å². The number of aromatic nitrogens is 2. The number of nitrogens with one attached hydrogen (secondary N) is 2.